The maximum atomic E-state index is 14.1. The van der Waals surface area contributed by atoms with E-state index in [1.54, 1.807) is 18.2 Å². The second-order valence-corrected chi connectivity index (χ2v) is 5.83. The molecule has 25 heavy (non-hydrogen) atoms. The van der Waals surface area contributed by atoms with E-state index in [1.807, 2.05) is 6.07 Å². The average Bonchev–Trinajstić information content (AvgIpc) is 3.14. The van der Waals surface area contributed by atoms with Crippen molar-refractivity contribution in [1.29, 1.82) is 0 Å². The zero-order valence-corrected chi connectivity index (χ0v) is 13.6. The molecule has 1 fully saturated rings. The first-order valence-electron chi connectivity index (χ1n) is 8.06. The predicted octanol–water partition coefficient (Wildman–Crippen LogP) is 3.88. The normalized spacial score (nSPS) is 14.2. The Morgan fingerprint density at radius 2 is 2.04 bits per heavy atom. The summed E-state index contributed by atoms with van der Waals surface area (Å²) < 4.78 is 14.1. The van der Waals surface area contributed by atoms with E-state index in [4.69, 9.17) is 4.84 Å². The van der Waals surface area contributed by atoms with Gasteiger partial charge in [0.2, 0.25) is 0 Å². The molecule has 2 aromatic carbocycles. The fourth-order valence-electron chi connectivity index (χ4n) is 2.76. The number of rotatable bonds is 6. The van der Waals surface area contributed by atoms with Gasteiger partial charge in [0.05, 0.1) is 11.1 Å². The van der Waals surface area contributed by atoms with Gasteiger partial charge in [-0.1, -0.05) is 17.3 Å². The molecule has 0 aromatic heterocycles. The van der Waals surface area contributed by atoms with E-state index in [0.717, 1.165) is 31.6 Å². The summed E-state index contributed by atoms with van der Waals surface area (Å²) in [6.07, 6.45) is 3.58. The van der Waals surface area contributed by atoms with Crippen LogP contribution in [0.25, 0.3) is 0 Å². The third-order valence-corrected chi connectivity index (χ3v) is 4.07. The molecular formula is C18H18FN3O3. The number of non-ortho nitro benzene ring substituents is 1. The fourth-order valence-corrected chi connectivity index (χ4v) is 2.76. The van der Waals surface area contributed by atoms with Crippen molar-refractivity contribution in [3.63, 3.8) is 0 Å². The highest BCUT2D eigenvalue weighted by Crippen LogP contribution is 2.22. The lowest BCUT2D eigenvalue weighted by molar-refractivity contribution is -0.384. The third-order valence-electron chi connectivity index (χ3n) is 4.07. The van der Waals surface area contributed by atoms with Crippen LogP contribution in [0.3, 0.4) is 0 Å². The van der Waals surface area contributed by atoms with E-state index in [2.05, 4.69) is 10.1 Å². The van der Waals surface area contributed by atoms with Crippen molar-refractivity contribution in [3.8, 4) is 0 Å². The highest BCUT2D eigenvalue weighted by atomic mass is 19.1. The summed E-state index contributed by atoms with van der Waals surface area (Å²) >= 11 is 0. The number of oxime groups is 1. The quantitative estimate of drug-likeness (QED) is 0.453. The number of hydrogen-bond donors (Lipinski definition) is 0. The minimum Gasteiger partial charge on any atom is -0.391 e. The molecule has 0 unspecified atom stereocenters. The zero-order chi connectivity index (χ0) is 17.6. The first-order valence-corrected chi connectivity index (χ1v) is 8.06. The summed E-state index contributed by atoms with van der Waals surface area (Å²) in [4.78, 5) is 17.5. The molecule has 0 saturated carbocycles. The van der Waals surface area contributed by atoms with Crippen LogP contribution in [0, 0.1) is 15.9 Å². The van der Waals surface area contributed by atoms with Gasteiger partial charge in [-0.2, -0.15) is 0 Å². The van der Waals surface area contributed by atoms with Gasteiger partial charge in [0.1, 0.15) is 12.4 Å². The van der Waals surface area contributed by atoms with Gasteiger partial charge in [-0.25, -0.2) is 4.39 Å². The second-order valence-electron chi connectivity index (χ2n) is 5.83. The molecule has 2 aromatic rings. The molecule has 130 valence electrons. The average molecular weight is 343 g/mol. The van der Waals surface area contributed by atoms with Crippen LogP contribution in [0.1, 0.15) is 24.0 Å². The van der Waals surface area contributed by atoms with Crippen molar-refractivity contribution >= 4 is 17.6 Å². The molecule has 0 bridgehead atoms. The first-order chi connectivity index (χ1) is 12.1. The lowest BCUT2D eigenvalue weighted by Crippen LogP contribution is -2.17. The van der Waals surface area contributed by atoms with Crippen LogP contribution in [0.4, 0.5) is 15.8 Å². The van der Waals surface area contributed by atoms with Crippen LogP contribution < -0.4 is 4.90 Å². The Hall–Kier alpha value is -2.96. The summed E-state index contributed by atoms with van der Waals surface area (Å²) in [5.41, 5.74) is 1.83. The second kappa shape index (κ2) is 7.74. The minimum absolute atomic E-state index is 0.00590. The molecule has 0 radical (unpaired) electrons. The van der Waals surface area contributed by atoms with E-state index in [0.29, 0.717) is 11.1 Å². The molecule has 7 heteroatoms. The number of nitrogens with zero attached hydrogens (tertiary/aromatic N) is 3. The standard InChI is InChI=1S/C18H18FN3O3/c19-18-11-16(21-8-1-2-9-21)7-6-15(18)12-20-25-13-14-4-3-5-17(10-14)22(23)24/h3-7,10-12H,1-2,8-9,13H2/b20-12-. The van der Waals surface area contributed by atoms with Gasteiger partial charge in [-0.05, 0) is 36.6 Å². The van der Waals surface area contributed by atoms with Gasteiger partial charge in [0, 0.05) is 36.5 Å². The molecule has 0 amide bonds. The van der Waals surface area contributed by atoms with Gasteiger partial charge in [0.25, 0.3) is 5.69 Å². The van der Waals surface area contributed by atoms with Crippen molar-refractivity contribution in [3.05, 3.63) is 69.5 Å². The molecular weight excluding hydrogens is 325 g/mol. The monoisotopic (exact) mass is 343 g/mol. The summed E-state index contributed by atoms with van der Waals surface area (Å²) in [7, 11) is 0. The maximum absolute atomic E-state index is 14.1. The molecule has 0 aliphatic carbocycles. The van der Waals surface area contributed by atoms with E-state index in [-0.39, 0.29) is 18.1 Å². The number of nitro benzene ring substituents is 1. The Kier molecular flexibility index (Phi) is 5.23. The predicted molar refractivity (Wildman–Crippen MR) is 93.3 cm³/mol. The Labute approximate surface area is 144 Å². The largest absolute Gasteiger partial charge is 0.391 e. The van der Waals surface area contributed by atoms with Gasteiger partial charge in [0.15, 0.2) is 0 Å². The Morgan fingerprint density at radius 3 is 2.76 bits per heavy atom. The Bertz CT molecular complexity index is 789. The molecule has 1 heterocycles. The van der Waals surface area contributed by atoms with E-state index < -0.39 is 4.92 Å². The SMILES string of the molecule is O=[N+]([O-])c1cccc(CO/N=C\c2ccc(N3CCCC3)cc2F)c1. The molecule has 1 aliphatic rings. The molecule has 3 rings (SSSR count). The number of anilines is 1. The van der Waals surface area contributed by atoms with Crippen LogP contribution in [-0.2, 0) is 11.4 Å². The topological polar surface area (TPSA) is 68.0 Å². The van der Waals surface area contributed by atoms with Crippen LogP contribution in [-0.4, -0.2) is 24.2 Å². The minimum atomic E-state index is -0.468. The molecule has 0 atom stereocenters. The number of halogens is 1. The van der Waals surface area contributed by atoms with Crippen LogP contribution >= 0.6 is 0 Å². The van der Waals surface area contributed by atoms with E-state index in [9.17, 15) is 14.5 Å². The molecule has 0 N–H and O–H groups in total. The van der Waals surface area contributed by atoms with Crippen molar-refractivity contribution < 1.29 is 14.2 Å². The summed E-state index contributed by atoms with van der Waals surface area (Å²) in [6, 6.07) is 11.2. The molecule has 1 aliphatic heterocycles. The number of nitro groups is 1. The Balaban J connectivity index is 1.58. The molecule has 6 nitrogen and oxygen atoms in total. The smallest absolute Gasteiger partial charge is 0.269 e. The molecule has 1 saturated heterocycles. The number of benzene rings is 2. The summed E-state index contributed by atoms with van der Waals surface area (Å²) in [5.74, 6) is -0.355. The summed E-state index contributed by atoms with van der Waals surface area (Å²) in [6.45, 7) is 1.99. The summed E-state index contributed by atoms with van der Waals surface area (Å²) in [5, 5.41) is 14.5. The highest BCUT2D eigenvalue weighted by Gasteiger charge is 2.13. The van der Waals surface area contributed by atoms with Crippen LogP contribution in [0.2, 0.25) is 0 Å². The van der Waals surface area contributed by atoms with E-state index >= 15 is 0 Å². The lowest BCUT2D eigenvalue weighted by Gasteiger charge is -2.17. The van der Waals surface area contributed by atoms with Crippen molar-refractivity contribution in [2.75, 3.05) is 18.0 Å². The number of hydrogen-bond acceptors (Lipinski definition) is 5. The van der Waals surface area contributed by atoms with Gasteiger partial charge in [-0.15, -0.1) is 0 Å². The van der Waals surface area contributed by atoms with Crippen molar-refractivity contribution in [2.24, 2.45) is 5.16 Å². The Morgan fingerprint density at radius 1 is 1.24 bits per heavy atom. The van der Waals surface area contributed by atoms with Gasteiger partial charge in [-0.3, -0.25) is 10.1 Å². The maximum Gasteiger partial charge on any atom is 0.269 e. The van der Waals surface area contributed by atoms with Crippen molar-refractivity contribution in [2.45, 2.75) is 19.4 Å². The highest BCUT2D eigenvalue weighted by molar-refractivity contribution is 5.80. The third kappa shape index (κ3) is 4.32. The van der Waals surface area contributed by atoms with Gasteiger partial charge < -0.3 is 9.74 Å². The lowest BCUT2D eigenvalue weighted by atomic mass is 10.2. The van der Waals surface area contributed by atoms with E-state index in [1.165, 1.54) is 24.4 Å². The van der Waals surface area contributed by atoms with Gasteiger partial charge >= 0.3 is 0 Å². The van der Waals surface area contributed by atoms with Crippen LogP contribution in [0.5, 0.6) is 0 Å². The van der Waals surface area contributed by atoms with Crippen molar-refractivity contribution in [1.82, 2.24) is 0 Å². The molecule has 0 spiro atoms. The van der Waals surface area contributed by atoms with Crippen LogP contribution in [0.15, 0.2) is 47.6 Å². The fraction of sp³-hybridized carbons (Fsp3) is 0.278. The first kappa shape index (κ1) is 16.9. The zero-order valence-electron chi connectivity index (χ0n) is 13.6.